The number of allylic oxidation sites excluding steroid dienone is 1. The van der Waals surface area contributed by atoms with Crippen LogP contribution in [0.3, 0.4) is 0 Å². The zero-order valence-corrected chi connectivity index (χ0v) is 10.3. The first kappa shape index (κ1) is 12.9. The summed E-state index contributed by atoms with van der Waals surface area (Å²) >= 11 is 6.08. The molecule has 1 N–H and O–H groups in total. The van der Waals surface area contributed by atoms with Gasteiger partial charge < -0.3 is 10.2 Å². The molecule has 0 spiro atoms. The minimum absolute atomic E-state index is 0.0119. The summed E-state index contributed by atoms with van der Waals surface area (Å²) in [6.07, 6.45) is 1.35. The summed E-state index contributed by atoms with van der Waals surface area (Å²) in [7, 11) is 3.80. The van der Waals surface area contributed by atoms with Gasteiger partial charge in [-0.15, -0.1) is 0 Å². The molecule has 0 atom stereocenters. The van der Waals surface area contributed by atoms with E-state index in [1.54, 1.807) is 18.2 Å². The van der Waals surface area contributed by atoms with E-state index in [2.05, 4.69) is 5.32 Å². The molecule has 0 saturated heterocycles. The number of nitriles is 2. The Labute approximate surface area is 105 Å². The Balaban J connectivity index is 2.90. The standard InChI is InChI=1S/C12H11ClN4/c1-17(2)12-4-3-10(5-11(12)13)16-8-9(6-14)7-15/h3-5,8,16H,1-2H3. The normalized spacial score (nSPS) is 8.76. The van der Waals surface area contributed by atoms with Gasteiger partial charge in [-0.1, -0.05) is 11.6 Å². The highest BCUT2D eigenvalue weighted by atomic mass is 35.5. The van der Waals surface area contributed by atoms with Crippen molar-refractivity contribution in [2.75, 3.05) is 24.3 Å². The Morgan fingerprint density at radius 3 is 2.47 bits per heavy atom. The molecule has 0 heterocycles. The van der Waals surface area contributed by atoms with Gasteiger partial charge in [0.25, 0.3) is 0 Å². The third-order valence-corrected chi connectivity index (χ3v) is 2.36. The Morgan fingerprint density at radius 2 is 2.00 bits per heavy atom. The van der Waals surface area contributed by atoms with Gasteiger partial charge in [0.1, 0.15) is 17.7 Å². The van der Waals surface area contributed by atoms with Crippen molar-refractivity contribution in [3.8, 4) is 12.1 Å². The van der Waals surface area contributed by atoms with Gasteiger partial charge in [-0.25, -0.2) is 0 Å². The Hall–Kier alpha value is -2.17. The second kappa shape index (κ2) is 5.79. The van der Waals surface area contributed by atoms with Gasteiger partial charge in [-0.05, 0) is 18.2 Å². The van der Waals surface area contributed by atoms with Crippen molar-refractivity contribution in [2.45, 2.75) is 0 Å². The molecule has 0 fully saturated rings. The van der Waals surface area contributed by atoms with Crippen LogP contribution in [0.15, 0.2) is 30.0 Å². The molecule has 0 saturated carbocycles. The van der Waals surface area contributed by atoms with Crippen LogP contribution in [0.5, 0.6) is 0 Å². The second-order valence-electron chi connectivity index (χ2n) is 3.49. The molecule has 0 aliphatic carbocycles. The maximum Gasteiger partial charge on any atom is 0.145 e. The molecule has 0 unspecified atom stereocenters. The second-order valence-corrected chi connectivity index (χ2v) is 3.89. The smallest absolute Gasteiger partial charge is 0.145 e. The number of benzene rings is 1. The van der Waals surface area contributed by atoms with Crippen LogP contribution in [-0.4, -0.2) is 14.1 Å². The largest absolute Gasteiger partial charge is 0.376 e. The molecule has 0 aliphatic heterocycles. The first-order valence-corrected chi connectivity index (χ1v) is 5.20. The summed E-state index contributed by atoms with van der Waals surface area (Å²) in [6.45, 7) is 0. The molecule has 0 aromatic heterocycles. The fraction of sp³-hybridized carbons (Fsp3) is 0.167. The molecule has 1 aromatic carbocycles. The molecular formula is C12H11ClN4. The Bertz CT molecular complexity index is 504. The lowest BCUT2D eigenvalue weighted by atomic mass is 10.2. The van der Waals surface area contributed by atoms with Crippen molar-refractivity contribution < 1.29 is 0 Å². The first-order valence-electron chi connectivity index (χ1n) is 4.82. The highest BCUT2D eigenvalue weighted by molar-refractivity contribution is 6.33. The van der Waals surface area contributed by atoms with Crippen LogP contribution in [-0.2, 0) is 0 Å². The van der Waals surface area contributed by atoms with Crippen LogP contribution in [0.1, 0.15) is 0 Å². The topological polar surface area (TPSA) is 62.9 Å². The number of rotatable bonds is 3. The lowest BCUT2D eigenvalue weighted by molar-refractivity contribution is 1.13. The van der Waals surface area contributed by atoms with Crippen LogP contribution in [0.4, 0.5) is 11.4 Å². The number of nitrogens with one attached hydrogen (secondary N) is 1. The average Bonchev–Trinajstić information content (AvgIpc) is 2.30. The number of halogens is 1. The van der Waals surface area contributed by atoms with E-state index in [4.69, 9.17) is 22.1 Å². The number of hydrogen-bond donors (Lipinski definition) is 1. The van der Waals surface area contributed by atoms with E-state index in [0.717, 1.165) is 11.4 Å². The SMILES string of the molecule is CN(C)c1ccc(NC=C(C#N)C#N)cc1Cl. The van der Waals surface area contributed by atoms with E-state index in [9.17, 15) is 0 Å². The minimum Gasteiger partial charge on any atom is -0.376 e. The average molecular weight is 247 g/mol. The van der Waals surface area contributed by atoms with E-state index in [-0.39, 0.29) is 5.57 Å². The van der Waals surface area contributed by atoms with E-state index in [1.807, 2.05) is 31.1 Å². The van der Waals surface area contributed by atoms with E-state index in [1.165, 1.54) is 6.20 Å². The van der Waals surface area contributed by atoms with Gasteiger partial charge in [0, 0.05) is 26.0 Å². The molecular weight excluding hydrogens is 236 g/mol. The third kappa shape index (κ3) is 3.41. The van der Waals surface area contributed by atoms with Crippen LogP contribution in [0.2, 0.25) is 5.02 Å². The fourth-order valence-electron chi connectivity index (χ4n) is 1.20. The quantitative estimate of drug-likeness (QED) is 0.833. The van der Waals surface area contributed by atoms with Gasteiger partial charge >= 0.3 is 0 Å². The van der Waals surface area contributed by atoms with Gasteiger partial charge in [-0.3, -0.25) is 0 Å². The monoisotopic (exact) mass is 246 g/mol. The summed E-state index contributed by atoms with van der Waals surface area (Å²) in [5.41, 5.74) is 1.64. The lowest BCUT2D eigenvalue weighted by Gasteiger charge is -2.15. The molecule has 4 nitrogen and oxygen atoms in total. The Kier molecular flexibility index (Phi) is 4.39. The van der Waals surface area contributed by atoms with Crippen molar-refractivity contribution in [2.24, 2.45) is 0 Å². The van der Waals surface area contributed by atoms with Crippen molar-refractivity contribution in [1.82, 2.24) is 0 Å². The molecule has 0 amide bonds. The van der Waals surface area contributed by atoms with Gasteiger partial charge in [0.05, 0.1) is 10.7 Å². The minimum atomic E-state index is 0.0119. The maximum atomic E-state index is 8.56. The molecule has 0 aliphatic rings. The molecule has 0 radical (unpaired) electrons. The van der Waals surface area contributed by atoms with Gasteiger partial charge in [0.2, 0.25) is 0 Å². The fourth-order valence-corrected chi connectivity index (χ4v) is 1.55. The van der Waals surface area contributed by atoms with Crippen LogP contribution >= 0.6 is 11.6 Å². The van der Waals surface area contributed by atoms with Gasteiger partial charge in [-0.2, -0.15) is 10.5 Å². The van der Waals surface area contributed by atoms with Crippen molar-refractivity contribution in [3.63, 3.8) is 0 Å². The maximum absolute atomic E-state index is 8.56. The third-order valence-electron chi connectivity index (χ3n) is 2.05. The van der Waals surface area contributed by atoms with E-state index < -0.39 is 0 Å². The number of anilines is 2. The predicted octanol–water partition coefficient (Wildman–Crippen LogP) is 2.75. The van der Waals surface area contributed by atoms with Crippen LogP contribution in [0.25, 0.3) is 0 Å². The van der Waals surface area contributed by atoms with Crippen LogP contribution < -0.4 is 10.2 Å². The highest BCUT2D eigenvalue weighted by Gasteiger charge is 2.02. The first-order chi connectivity index (χ1) is 8.08. The molecule has 1 rings (SSSR count). The van der Waals surface area contributed by atoms with E-state index in [0.29, 0.717) is 5.02 Å². The zero-order chi connectivity index (χ0) is 12.8. The number of nitrogens with zero attached hydrogens (tertiary/aromatic N) is 3. The van der Waals surface area contributed by atoms with Crippen molar-refractivity contribution in [1.29, 1.82) is 10.5 Å². The van der Waals surface area contributed by atoms with Crippen molar-refractivity contribution in [3.05, 3.63) is 35.0 Å². The highest BCUT2D eigenvalue weighted by Crippen LogP contribution is 2.27. The molecule has 86 valence electrons. The molecule has 17 heavy (non-hydrogen) atoms. The van der Waals surface area contributed by atoms with Gasteiger partial charge in [0.15, 0.2) is 0 Å². The summed E-state index contributed by atoms with van der Waals surface area (Å²) < 4.78 is 0. The molecule has 1 aromatic rings. The lowest BCUT2D eigenvalue weighted by Crippen LogP contribution is -2.09. The summed E-state index contributed by atoms with van der Waals surface area (Å²) in [4.78, 5) is 1.90. The molecule has 0 bridgehead atoms. The molecule has 5 heteroatoms. The summed E-state index contributed by atoms with van der Waals surface area (Å²) in [5, 5.41) is 20.6. The van der Waals surface area contributed by atoms with Crippen molar-refractivity contribution >= 4 is 23.0 Å². The predicted molar refractivity (Wildman–Crippen MR) is 68.7 cm³/mol. The van der Waals surface area contributed by atoms with E-state index >= 15 is 0 Å². The summed E-state index contributed by atoms with van der Waals surface area (Å²) in [6, 6.07) is 8.94. The van der Waals surface area contributed by atoms with Crippen LogP contribution in [0, 0.1) is 22.7 Å². The number of hydrogen-bond acceptors (Lipinski definition) is 4. The Morgan fingerprint density at radius 1 is 1.35 bits per heavy atom. The summed E-state index contributed by atoms with van der Waals surface area (Å²) in [5.74, 6) is 0. The zero-order valence-electron chi connectivity index (χ0n) is 9.53.